The zero-order chi connectivity index (χ0) is 32.3. The van der Waals surface area contributed by atoms with E-state index in [0.29, 0.717) is 25.3 Å². The fourth-order valence-electron chi connectivity index (χ4n) is 6.43. The molecule has 0 N–H and O–H groups in total. The lowest BCUT2D eigenvalue weighted by Gasteiger charge is -2.44. The van der Waals surface area contributed by atoms with Gasteiger partial charge in [-0.05, 0) is 76.3 Å². The summed E-state index contributed by atoms with van der Waals surface area (Å²) < 4.78 is 161. The maximum atomic E-state index is 15.3. The Hall–Kier alpha value is -2.22. The Morgan fingerprint density at radius 1 is 0.750 bits per heavy atom. The fraction of sp³-hybridized carbons (Fsp3) is 0.733. The molecule has 44 heavy (non-hydrogen) atoms. The summed E-state index contributed by atoms with van der Waals surface area (Å²) in [4.78, 5) is 0. The molecule has 0 unspecified atom stereocenters. The van der Waals surface area contributed by atoms with Crippen LogP contribution in [-0.4, -0.2) is 43.8 Å². The SMILES string of the molecule is C=CCCC1COC(C2CCC(C(F)(F)C(F)(F)C3CCC(C(F)(F)Oc4ccc(OC(F)(F)F)c(F)c4)CC3)CC2)OC1. The van der Waals surface area contributed by atoms with Gasteiger partial charge in [0.15, 0.2) is 17.9 Å². The topological polar surface area (TPSA) is 36.9 Å². The average Bonchev–Trinajstić information content (AvgIpc) is 2.97. The largest absolute Gasteiger partial charge is 0.573 e. The standard InChI is InChI=1S/C30H36F10O4/c1-2-3-4-18-16-41-26(42-17-18)19-5-7-20(8-6-19)27(32,33)28(34,35)21-9-11-22(12-10-21)29(36,37)43-23-13-14-25(24(31)15-23)44-30(38,39)40/h2,13-15,18-22,26H,1,3-12,16-17H2. The van der Waals surface area contributed by atoms with Crippen molar-refractivity contribution in [3.63, 3.8) is 0 Å². The van der Waals surface area contributed by atoms with Crippen LogP contribution in [0.5, 0.6) is 11.5 Å². The van der Waals surface area contributed by atoms with Gasteiger partial charge in [-0.3, -0.25) is 0 Å². The molecule has 2 saturated carbocycles. The minimum absolute atomic E-state index is 0.152. The predicted molar refractivity (Wildman–Crippen MR) is 138 cm³/mol. The third kappa shape index (κ3) is 8.13. The number of hydrogen-bond donors (Lipinski definition) is 0. The lowest BCUT2D eigenvalue weighted by molar-refractivity contribution is -0.281. The molecule has 1 aromatic carbocycles. The van der Waals surface area contributed by atoms with E-state index in [9.17, 15) is 26.3 Å². The number of allylic oxidation sites excluding steroid dienone is 1. The van der Waals surface area contributed by atoms with Gasteiger partial charge in [-0.25, -0.2) is 4.39 Å². The molecule has 0 atom stereocenters. The van der Waals surface area contributed by atoms with Crippen molar-refractivity contribution in [2.24, 2.45) is 29.6 Å². The van der Waals surface area contributed by atoms with Crippen molar-refractivity contribution < 1.29 is 62.9 Å². The summed E-state index contributed by atoms with van der Waals surface area (Å²) in [5, 5.41) is 0. The number of halogens is 10. The number of alkyl halides is 9. The van der Waals surface area contributed by atoms with E-state index in [4.69, 9.17) is 9.47 Å². The van der Waals surface area contributed by atoms with Gasteiger partial charge >= 0.3 is 24.3 Å². The van der Waals surface area contributed by atoms with E-state index in [2.05, 4.69) is 16.1 Å². The quantitative estimate of drug-likeness (QED) is 0.177. The maximum Gasteiger partial charge on any atom is 0.573 e. The van der Waals surface area contributed by atoms with Crippen LogP contribution in [0.15, 0.2) is 30.9 Å². The molecule has 1 heterocycles. The smallest absolute Gasteiger partial charge is 0.432 e. The summed E-state index contributed by atoms with van der Waals surface area (Å²) in [6.45, 7) is 4.62. The minimum atomic E-state index is -5.21. The number of benzene rings is 1. The monoisotopic (exact) mass is 650 g/mol. The van der Waals surface area contributed by atoms with Crippen LogP contribution in [0.2, 0.25) is 0 Å². The van der Waals surface area contributed by atoms with Crippen LogP contribution in [0.3, 0.4) is 0 Å². The van der Waals surface area contributed by atoms with E-state index in [0.717, 1.165) is 12.8 Å². The van der Waals surface area contributed by atoms with Crippen LogP contribution in [0.25, 0.3) is 0 Å². The third-order valence-electron chi connectivity index (χ3n) is 8.98. The van der Waals surface area contributed by atoms with Gasteiger partial charge in [-0.15, -0.1) is 19.8 Å². The highest BCUT2D eigenvalue weighted by atomic mass is 19.4. The molecular formula is C30H36F10O4. The zero-order valence-electron chi connectivity index (χ0n) is 23.9. The highest BCUT2D eigenvalue weighted by molar-refractivity contribution is 5.33. The van der Waals surface area contributed by atoms with Gasteiger partial charge < -0.3 is 18.9 Å². The molecule has 0 radical (unpaired) electrons. The Balaban J connectivity index is 1.28. The van der Waals surface area contributed by atoms with Gasteiger partial charge in [0.2, 0.25) is 0 Å². The summed E-state index contributed by atoms with van der Waals surface area (Å²) in [6.07, 6.45) is -8.54. The molecule has 0 aromatic heterocycles. The van der Waals surface area contributed by atoms with Crippen molar-refractivity contribution in [1.29, 1.82) is 0 Å². The van der Waals surface area contributed by atoms with E-state index in [1.807, 2.05) is 0 Å². The Kier molecular flexibility index (Phi) is 10.7. The Bertz CT molecular complexity index is 1090. The molecule has 3 fully saturated rings. The summed E-state index contributed by atoms with van der Waals surface area (Å²) in [6, 6.07) is 1.37. The van der Waals surface area contributed by atoms with Crippen molar-refractivity contribution in [2.75, 3.05) is 13.2 Å². The van der Waals surface area contributed by atoms with E-state index in [1.165, 1.54) is 0 Å². The van der Waals surface area contributed by atoms with E-state index in [1.54, 1.807) is 6.08 Å². The highest BCUT2D eigenvalue weighted by Gasteiger charge is 2.65. The first-order valence-corrected chi connectivity index (χ1v) is 14.7. The molecule has 3 aliphatic rings. The van der Waals surface area contributed by atoms with Gasteiger partial charge in [0.05, 0.1) is 19.1 Å². The van der Waals surface area contributed by atoms with Gasteiger partial charge in [0.25, 0.3) is 0 Å². The van der Waals surface area contributed by atoms with Crippen LogP contribution >= 0.6 is 0 Å². The molecule has 4 nitrogen and oxygen atoms in total. The predicted octanol–water partition coefficient (Wildman–Crippen LogP) is 9.53. The van der Waals surface area contributed by atoms with E-state index >= 15 is 17.6 Å². The van der Waals surface area contributed by atoms with Crippen molar-refractivity contribution >= 4 is 0 Å². The van der Waals surface area contributed by atoms with Gasteiger partial charge in [-0.2, -0.15) is 26.3 Å². The first-order valence-electron chi connectivity index (χ1n) is 14.7. The van der Waals surface area contributed by atoms with E-state index < -0.39 is 91.4 Å². The van der Waals surface area contributed by atoms with Crippen LogP contribution < -0.4 is 9.47 Å². The Morgan fingerprint density at radius 2 is 1.27 bits per heavy atom. The van der Waals surface area contributed by atoms with Gasteiger partial charge in [0, 0.05) is 29.7 Å². The van der Waals surface area contributed by atoms with Gasteiger partial charge in [0.1, 0.15) is 5.75 Å². The second-order valence-corrected chi connectivity index (χ2v) is 12.0. The van der Waals surface area contributed by atoms with Crippen LogP contribution in [0.4, 0.5) is 43.9 Å². The number of hydrogen-bond acceptors (Lipinski definition) is 4. The molecule has 2 aliphatic carbocycles. The van der Waals surface area contributed by atoms with Crippen molar-refractivity contribution in [3.8, 4) is 11.5 Å². The summed E-state index contributed by atoms with van der Waals surface area (Å²) in [5.74, 6) is -17.5. The first-order chi connectivity index (χ1) is 20.5. The van der Waals surface area contributed by atoms with Crippen molar-refractivity contribution in [2.45, 2.75) is 94.8 Å². The van der Waals surface area contributed by atoms with Crippen molar-refractivity contribution in [1.82, 2.24) is 0 Å². The number of rotatable bonds is 11. The van der Waals surface area contributed by atoms with Crippen molar-refractivity contribution in [3.05, 3.63) is 36.7 Å². The molecule has 4 rings (SSSR count). The molecular weight excluding hydrogens is 614 g/mol. The summed E-state index contributed by atoms with van der Waals surface area (Å²) >= 11 is 0. The average molecular weight is 651 g/mol. The second-order valence-electron chi connectivity index (χ2n) is 12.0. The van der Waals surface area contributed by atoms with Crippen LogP contribution in [0.1, 0.15) is 64.2 Å². The minimum Gasteiger partial charge on any atom is -0.432 e. The highest BCUT2D eigenvalue weighted by Crippen LogP contribution is 2.54. The normalized spacial score (nSPS) is 29.2. The molecule has 0 amide bonds. The third-order valence-corrected chi connectivity index (χ3v) is 8.98. The zero-order valence-corrected chi connectivity index (χ0v) is 23.9. The second kappa shape index (κ2) is 13.6. The molecule has 1 aromatic rings. The Labute approximate surface area is 249 Å². The maximum absolute atomic E-state index is 15.3. The molecule has 1 saturated heterocycles. The summed E-state index contributed by atoms with van der Waals surface area (Å²) in [7, 11) is 0. The van der Waals surface area contributed by atoms with E-state index in [-0.39, 0.29) is 43.6 Å². The molecule has 0 spiro atoms. The van der Waals surface area contributed by atoms with Crippen LogP contribution in [0, 0.1) is 35.4 Å². The summed E-state index contributed by atoms with van der Waals surface area (Å²) in [5.41, 5.74) is 0. The van der Waals surface area contributed by atoms with Gasteiger partial charge in [-0.1, -0.05) is 6.08 Å². The van der Waals surface area contributed by atoms with Crippen LogP contribution in [-0.2, 0) is 9.47 Å². The molecule has 14 heteroatoms. The fourth-order valence-corrected chi connectivity index (χ4v) is 6.43. The Morgan fingerprint density at radius 3 is 1.77 bits per heavy atom. The lowest BCUT2D eigenvalue weighted by atomic mass is 9.71. The molecule has 0 bridgehead atoms. The molecule has 250 valence electrons. The first kappa shape index (κ1) is 34.6. The molecule has 1 aliphatic heterocycles. The lowest BCUT2D eigenvalue weighted by Crippen LogP contribution is -2.53. The number of ether oxygens (including phenoxy) is 4.